The average molecular weight is 232 g/mol. The molecule has 0 aliphatic carbocycles. The van der Waals surface area contributed by atoms with Gasteiger partial charge in [-0.1, -0.05) is 19.6 Å². The first kappa shape index (κ1) is 13.9. The summed E-state index contributed by atoms with van der Waals surface area (Å²) in [5.41, 5.74) is 0.0205. The summed E-state index contributed by atoms with van der Waals surface area (Å²) in [5.74, 6) is 1.16. The maximum atomic E-state index is 11.8. The van der Waals surface area contributed by atoms with Crippen molar-refractivity contribution in [3.63, 3.8) is 0 Å². The van der Waals surface area contributed by atoms with Gasteiger partial charge in [0.05, 0.1) is 8.07 Å². The molecule has 0 aliphatic rings. The van der Waals surface area contributed by atoms with Crippen molar-refractivity contribution in [1.29, 1.82) is 0 Å². The van der Waals surface area contributed by atoms with E-state index in [-0.39, 0.29) is 11.3 Å². The molecular weight excluding hydrogens is 212 g/mol. The van der Waals surface area contributed by atoms with Gasteiger partial charge in [-0.15, -0.1) is 0 Å². The summed E-state index contributed by atoms with van der Waals surface area (Å²) in [4.78, 5) is 22.3. The third-order valence-corrected chi connectivity index (χ3v) is 5.58. The van der Waals surface area contributed by atoms with Gasteiger partial charge in [0.25, 0.3) is 0 Å². The van der Waals surface area contributed by atoms with E-state index in [4.69, 9.17) is 0 Å². The fraction of sp³-hybridized carbons (Fsp3) is 0.800. The number of thioether (sulfide) groups is 1. The molecular formula is C10H20O2SSi. The molecule has 2 nitrogen and oxygen atoms in total. The number of rotatable bonds is 7. The molecule has 0 spiro atoms. The molecule has 0 aliphatic heterocycles. The number of carbonyl (C=O) groups is 2. The van der Waals surface area contributed by atoms with Crippen LogP contribution in [0.15, 0.2) is 0 Å². The van der Waals surface area contributed by atoms with Gasteiger partial charge in [-0.05, 0) is 12.0 Å². The minimum absolute atomic E-state index is 0.0205. The third kappa shape index (κ3) is 4.96. The van der Waals surface area contributed by atoms with Crippen LogP contribution >= 0.6 is 11.8 Å². The van der Waals surface area contributed by atoms with E-state index in [0.717, 1.165) is 12.0 Å². The lowest BCUT2D eigenvalue weighted by molar-refractivity contribution is -0.120. The van der Waals surface area contributed by atoms with Gasteiger partial charge in [-0.3, -0.25) is 4.79 Å². The van der Waals surface area contributed by atoms with Crippen molar-refractivity contribution in [1.82, 2.24) is 0 Å². The van der Waals surface area contributed by atoms with Crippen LogP contribution < -0.4 is 0 Å². The zero-order valence-corrected chi connectivity index (χ0v) is 11.3. The van der Waals surface area contributed by atoms with Gasteiger partial charge in [0.15, 0.2) is 0 Å². The molecule has 0 bridgehead atoms. The second kappa shape index (κ2) is 6.40. The quantitative estimate of drug-likeness (QED) is 0.500. The van der Waals surface area contributed by atoms with Gasteiger partial charge < -0.3 is 4.79 Å². The predicted molar refractivity (Wildman–Crippen MR) is 65.8 cm³/mol. The normalized spacial score (nSPS) is 13.7. The highest BCUT2D eigenvalue weighted by molar-refractivity contribution is 7.98. The van der Waals surface area contributed by atoms with Crippen LogP contribution in [0.2, 0.25) is 25.2 Å². The highest BCUT2D eigenvalue weighted by Gasteiger charge is 2.31. The van der Waals surface area contributed by atoms with E-state index in [1.165, 1.54) is 0 Å². The zero-order valence-electron chi connectivity index (χ0n) is 9.50. The second-order valence-corrected chi connectivity index (χ2v) is 10.9. The predicted octanol–water partition coefficient (Wildman–Crippen LogP) is 2.61. The Morgan fingerprint density at radius 1 is 1.43 bits per heavy atom. The van der Waals surface area contributed by atoms with Crippen molar-refractivity contribution in [2.24, 2.45) is 0 Å². The van der Waals surface area contributed by atoms with E-state index < -0.39 is 8.07 Å². The number of carbonyl (C=O) groups excluding carboxylic acids is 2. The average Bonchev–Trinajstić information content (AvgIpc) is 2.08. The maximum Gasteiger partial charge on any atom is 0.134 e. The molecule has 1 atom stereocenters. The Balaban J connectivity index is 4.33. The van der Waals surface area contributed by atoms with Gasteiger partial charge in [0.2, 0.25) is 0 Å². The minimum atomic E-state index is -1.51. The van der Waals surface area contributed by atoms with Gasteiger partial charge >= 0.3 is 0 Å². The SMILES string of the molecule is CSCCC(=O)C(CC=O)[Si](C)(C)C. The van der Waals surface area contributed by atoms with Crippen LogP contribution in [0.5, 0.6) is 0 Å². The molecule has 0 N–H and O–H groups in total. The first-order valence-electron chi connectivity index (χ1n) is 4.88. The number of ketones is 1. The minimum Gasteiger partial charge on any atom is -0.303 e. The van der Waals surface area contributed by atoms with Gasteiger partial charge in [0.1, 0.15) is 12.1 Å². The molecule has 4 heteroatoms. The van der Waals surface area contributed by atoms with Crippen molar-refractivity contribution < 1.29 is 9.59 Å². The van der Waals surface area contributed by atoms with Gasteiger partial charge in [0, 0.05) is 18.4 Å². The van der Waals surface area contributed by atoms with Crippen LogP contribution in [0.1, 0.15) is 12.8 Å². The standard InChI is InChI=1S/C10H20O2SSi/c1-13-8-6-9(12)10(5-7-11)14(2,3)4/h7,10H,5-6,8H2,1-4H3. The number of aldehydes is 1. The molecule has 0 aromatic carbocycles. The Hall–Kier alpha value is -0.0931. The fourth-order valence-corrected chi connectivity index (χ4v) is 3.76. The Morgan fingerprint density at radius 3 is 2.36 bits per heavy atom. The van der Waals surface area contributed by atoms with Crippen LogP contribution in [-0.4, -0.2) is 32.2 Å². The summed E-state index contributed by atoms with van der Waals surface area (Å²) in [5, 5.41) is 0. The van der Waals surface area contributed by atoms with E-state index in [2.05, 4.69) is 19.6 Å². The number of hydrogen-bond donors (Lipinski definition) is 0. The smallest absolute Gasteiger partial charge is 0.134 e. The molecule has 0 saturated carbocycles. The monoisotopic (exact) mass is 232 g/mol. The largest absolute Gasteiger partial charge is 0.303 e. The van der Waals surface area contributed by atoms with E-state index in [0.29, 0.717) is 12.8 Å². The van der Waals surface area contributed by atoms with Crippen molar-refractivity contribution in [2.45, 2.75) is 38.0 Å². The molecule has 0 rings (SSSR count). The van der Waals surface area contributed by atoms with Crippen LogP contribution in [-0.2, 0) is 9.59 Å². The summed E-state index contributed by atoms with van der Waals surface area (Å²) >= 11 is 1.68. The summed E-state index contributed by atoms with van der Waals surface area (Å²) in [6.45, 7) is 6.45. The lowest BCUT2D eigenvalue weighted by atomic mass is 10.2. The Bertz CT molecular complexity index is 199. The molecule has 82 valence electrons. The Morgan fingerprint density at radius 2 is 2.00 bits per heavy atom. The molecule has 0 aromatic rings. The fourth-order valence-electron chi connectivity index (χ4n) is 1.44. The zero-order chi connectivity index (χ0) is 11.2. The van der Waals surface area contributed by atoms with Crippen molar-refractivity contribution >= 4 is 31.9 Å². The highest BCUT2D eigenvalue weighted by Crippen LogP contribution is 2.27. The first-order chi connectivity index (χ1) is 6.43. The molecule has 0 radical (unpaired) electrons. The molecule has 0 amide bonds. The molecule has 1 unspecified atom stereocenters. The molecule has 14 heavy (non-hydrogen) atoms. The van der Waals surface area contributed by atoms with E-state index >= 15 is 0 Å². The highest BCUT2D eigenvalue weighted by atomic mass is 32.2. The van der Waals surface area contributed by atoms with E-state index in [9.17, 15) is 9.59 Å². The van der Waals surface area contributed by atoms with Crippen LogP contribution in [0, 0.1) is 0 Å². The number of hydrogen-bond acceptors (Lipinski definition) is 3. The molecule has 0 fully saturated rings. The van der Waals surface area contributed by atoms with Gasteiger partial charge in [-0.25, -0.2) is 0 Å². The molecule has 0 saturated heterocycles. The van der Waals surface area contributed by atoms with Crippen molar-refractivity contribution in [2.75, 3.05) is 12.0 Å². The van der Waals surface area contributed by atoms with Crippen LogP contribution in [0.25, 0.3) is 0 Å². The van der Waals surface area contributed by atoms with E-state index in [1.54, 1.807) is 11.8 Å². The molecule has 0 aromatic heterocycles. The van der Waals surface area contributed by atoms with Gasteiger partial charge in [-0.2, -0.15) is 11.8 Å². The number of Topliss-reactive ketones (excluding diaryl/α,β-unsaturated/α-hetero) is 1. The summed E-state index contributed by atoms with van der Waals surface area (Å²) in [6.07, 6.45) is 3.92. The maximum absolute atomic E-state index is 11.8. The Labute approximate surface area is 91.9 Å². The van der Waals surface area contributed by atoms with Crippen molar-refractivity contribution in [3.8, 4) is 0 Å². The lowest BCUT2D eigenvalue weighted by Gasteiger charge is -2.25. The van der Waals surface area contributed by atoms with Crippen LogP contribution in [0.3, 0.4) is 0 Å². The summed E-state index contributed by atoms with van der Waals surface area (Å²) in [7, 11) is -1.51. The Kier molecular flexibility index (Phi) is 6.36. The van der Waals surface area contributed by atoms with Crippen LogP contribution in [0.4, 0.5) is 0 Å². The topological polar surface area (TPSA) is 34.1 Å². The summed E-state index contributed by atoms with van der Waals surface area (Å²) < 4.78 is 0. The molecule has 0 heterocycles. The first-order valence-corrected chi connectivity index (χ1v) is 9.86. The summed E-state index contributed by atoms with van der Waals surface area (Å²) in [6, 6.07) is 0. The second-order valence-electron chi connectivity index (χ2n) is 4.53. The van der Waals surface area contributed by atoms with E-state index in [1.807, 2.05) is 6.26 Å². The lowest BCUT2D eigenvalue weighted by Crippen LogP contribution is -2.34. The van der Waals surface area contributed by atoms with Crippen molar-refractivity contribution in [3.05, 3.63) is 0 Å². The third-order valence-electron chi connectivity index (χ3n) is 2.32.